The fraction of sp³-hybridized carbons (Fsp3) is 0.611. The van der Waals surface area contributed by atoms with Crippen LogP contribution >= 0.6 is 36.4 Å². The predicted molar refractivity (Wildman–Crippen MR) is 110 cm³/mol. The Bertz CT molecular complexity index is 568. The Balaban J connectivity index is 0.00000169. The number of nitrogens with zero attached hydrogens (tertiary/aromatic N) is 2. The largest absolute Gasteiger partial charge is 0.491 e. The van der Waals surface area contributed by atoms with Crippen molar-refractivity contribution in [3.05, 3.63) is 29.3 Å². The van der Waals surface area contributed by atoms with Gasteiger partial charge in [-0.05, 0) is 31.4 Å². The minimum atomic E-state index is 0. The first-order chi connectivity index (χ1) is 11.6. The predicted octanol–water partition coefficient (Wildman–Crippen LogP) is 2.83. The van der Waals surface area contributed by atoms with Crippen LogP contribution in [0.4, 0.5) is 0 Å². The van der Waals surface area contributed by atoms with E-state index in [-0.39, 0.29) is 36.8 Å². The number of para-hydroxylation sites is 1. The Morgan fingerprint density at radius 2 is 1.85 bits per heavy atom. The van der Waals surface area contributed by atoms with Gasteiger partial charge in [-0.2, -0.15) is 0 Å². The summed E-state index contributed by atoms with van der Waals surface area (Å²) in [6, 6.07) is 7.73. The van der Waals surface area contributed by atoms with Gasteiger partial charge in [-0.15, -0.1) is 24.8 Å². The molecule has 26 heavy (non-hydrogen) atoms. The molecule has 1 saturated heterocycles. The number of halogens is 3. The molecule has 8 heteroatoms. The molecule has 3 rings (SSSR count). The molecular weight excluding hydrogens is 397 g/mol. The molecule has 2 atom stereocenters. The molecule has 2 aliphatic rings. The second-order valence-corrected chi connectivity index (χ2v) is 7.12. The molecule has 1 aromatic rings. The van der Waals surface area contributed by atoms with Crippen molar-refractivity contribution in [2.45, 2.75) is 25.3 Å². The molecule has 0 bridgehead atoms. The molecule has 1 aliphatic carbocycles. The molecule has 2 unspecified atom stereocenters. The van der Waals surface area contributed by atoms with Gasteiger partial charge in [-0.3, -0.25) is 9.69 Å². The number of carbonyl (C=O) groups is 1. The van der Waals surface area contributed by atoms with Gasteiger partial charge in [0, 0.05) is 44.7 Å². The third kappa shape index (κ3) is 6.17. The molecule has 2 N–H and O–H groups in total. The Morgan fingerprint density at radius 1 is 1.15 bits per heavy atom. The quantitative estimate of drug-likeness (QED) is 0.789. The highest BCUT2D eigenvalue weighted by Gasteiger charge is 2.32. The SMILES string of the molecule is Cl.Cl.NC1CCC(C(=O)N2CCN(CCOc3ccccc3Cl)CC2)C1. The number of hydrogen-bond donors (Lipinski definition) is 1. The fourth-order valence-electron chi connectivity index (χ4n) is 3.54. The molecular formula is C18H28Cl3N3O2. The number of hydrogen-bond acceptors (Lipinski definition) is 4. The first kappa shape index (κ1) is 23.3. The lowest BCUT2D eigenvalue weighted by molar-refractivity contribution is -0.137. The lowest BCUT2D eigenvalue weighted by atomic mass is 10.1. The summed E-state index contributed by atoms with van der Waals surface area (Å²) < 4.78 is 5.74. The highest BCUT2D eigenvalue weighted by molar-refractivity contribution is 6.32. The second kappa shape index (κ2) is 11.2. The maximum absolute atomic E-state index is 12.5. The minimum absolute atomic E-state index is 0. The summed E-state index contributed by atoms with van der Waals surface area (Å²) in [4.78, 5) is 16.8. The lowest BCUT2D eigenvalue weighted by Crippen LogP contribution is -2.50. The molecule has 1 aliphatic heterocycles. The first-order valence-electron chi connectivity index (χ1n) is 8.77. The minimum Gasteiger partial charge on any atom is -0.491 e. The Labute approximate surface area is 173 Å². The molecule has 1 amide bonds. The van der Waals surface area contributed by atoms with Crippen molar-refractivity contribution in [2.75, 3.05) is 39.3 Å². The zero-order valence-corrected chi connectivity index (χ0v) is 17.2. The van der Waals surface area contributed by atoms with E-state index in [1.165, 1.54) is 0 Å². The van der Waals surface area contributed by atoms with E-state index < -0.39 is 0 Å². The average Bonchev–Trinajstić information content (AvgIpc) is 3.03. The molecule has 2 fully saturated rings. The van der Waals surface area contributed by atoms with Crippen molar-refractivity contribution in [1.82, 2.24) is 9.80 Å². The van der Waals surface area contributed by atoms with Crippen LogP contribution in [0.15, 0.2) is 24.3 Å². The van der Waals surface area contributed by atoms with Crippen LogP contribution in [0.3, 0.4) is 0 Å². The molecule has 148 valence electrons. The van der Waals surface area contributed by atoms with E-state index in [9.17, 15) is 4.79 Å². The van der Waals surface area contributed by atoms with Crippen LogP contribution in [-0.2, 0) is 4.79 Å². The van der Waals surface area contributed by atoms with Crippen molar-refractivity contribution >= 4 is 42.3 Å². The summed E-state index contributed by atoms with van der Waals surface area (Å²) in [6.45, 7) is 4.86. The third-order valence-electron chi connectivity index (χ3n) is 5.01. The molecule has 0 spiro atoms. The molecule has 1 aromatic carbocycles. The van der Waals surface area contributed by atoms with Crippen LogP contribution in [0.25, 0.3) is 0 Å². The molecule has 0 radical (unpaired) electrons. The highest BCUT2D eigenvalue weighted by Crippen LogP contribution is 2.26. The lowest BCUT2D eigenvalue weighted by Gasteiger charge is -2.35. The fourth-order valence-corrected chi connectivity index (χ4v) is 3.73. The molecule has 1 saturated carbocycles. The van der Waals surface area contributed by atoms with E-state index in [2.05, 4.69) is 4.90 Å². The van der Waals surface area contributed by atoms with Gasteiger partial charge in [0.05, 0.1) is 5.02 Å². The summed E-state index contributed by atoms with van der Waals surface area (Å²) in [5.74, 6) is 1.18. The summed E-state index contributed by atoms with van der Waals surface area (Å²) >= 11 is 6.08. The van der Waals surface area contributed by atoms with Gasteiger partial charge in [-0.1, -0.05) is 23.7 Å². The van der Waals surface area contributed by atoms with E-state index in [0.717, 1.165) is 57.7 Å². The van der Waals surface area contributed by atoms with Crippen molar-refractivity contribution in [1.29, 1.82) is 0 Å². The summed E-state index contributed by atoms with van der Waals surface area (Å²) in [6.07, 6.45) is 2.78. The Kier molecular flexibility index (Phi) is 10.0. The van der Waals surface area contributed by atoms with Crippen LogP contribution in [0.5, 0.6) is 5.75 Å². The number of amides is 1. The standard InChI is InChI=1S/C18H26ClN3O2.2ClH/c19-16-3-1-2-4-17(16)24-12-11-21-7-9-22(10-8-21)18(23)14-5-6-15(20)13-14;;/h1-4,14-15H,5-13,20H2;2*1H. The van der Waals surface area contributed by atoms with Crippen LogP contribution in [0.1, 0.15) is 19.3 Å². The van der Waals surface area contributed by atoms with E-state index in [4.69, 9.17) is 22.1 Å². The zero-order valence-electron chi connectivity index (χ0n) is 14.8. The summed E-state index contributed by atoms with van der Waals surface area (Å²) in [5.41, 5.74) is 5.93. The van der Waals surface area contributed by atoms with E-state index >= 15 is 0 Å². The van der Waals surface area contributed by atoms with E-state index in [1.807, 2.05) is 29.2 Å². The molecule has 1 heterocycles. The van der Waals surface area contributed by atoms with Gasteiger partial charge in [0.25, 0.3) is 0 Å². The summed E-state index contributed by atoms with van der Waals surface area (Å²) in [7, 11) is 0. The summed E-state index contributed by atoms with van der Waals surface area (Å²) in [5, 5.41) is 0.641. The van der Waals surface area contributed by atoms with Crippen molar-refractivity contribution in [3.63, 3.8) is 0 Å². The Hall–Kier alpha value is -0.720. The number of piperazine rings is 1. The van der Waals surface area contributed by atoms with E-state index in [0.29, 0.717) is 17.5 Å². The van der Waals surface area contributed by atoms with Crippen LogP contribution in [-0.4, -0.2) is 61.1 Å². The van der Waals surface area contributed by atoms with Crippen LogP contribution < -0.4 is 10.5 Å². The zero-order chi connectivity index (χ0) is 16.9. The number of ether oxygens (including phenoxy) is 1. The van der Waals surface area contributed by atoms with Gasteiger partial charge < -0.3 is 15.4 Å². The normalized spacial score (nSPS) is 23.1. The van der Waals surface area contributed by atoms with Crippen LogP contribution in [0.2, 0.25) is 5.02 Å². The van der Waals surface area contributed by atoms with E-state index in [1.54, 1.807) is 0 Å². The first-order valence-corrected chi connectivity index (χ1v) is 9.15. The number of rotatable bonds is 5. The topological polar surface area (TPSA) is 58.8 Å². The maximum Gasteiger partial charge on any atom is 0.225 e. The van der Waals surface area contributed by atoms with Gasteiger partial charge in [-0.25, -0.2) is 0 Å². The van der Waals surface area contributed by atoms with Gasteiger partial charge in [0.15, 0.2) is 0 Å². The second-order valence-electron chi connectivity index (χ2n) is 6.72. The number of carbonyl (C=O) groups excluding carboxylic acids is 1. The highest BCUT2D eigenvalue weighted by atomic mass is 35.5. The monoisotopic (exact) mass is 423 g/mol. The average molecular weight is 425 g/mol. The maximum atomic E-state index is 12.5. The Morgan fingerprint density at radius 3 is 2.46 bits per heavy atom. The number of benzene rings is 1. The molecule has 0 aromatic heterocycles. The molecule has 5 nitrogen and oxygen atoms in total. The van der Waals surface area contributed by atoms with Gasteiger partial charge in [0.1, 0.15) is 12.4 Å². The van der Waals surface area contributed by atoms with Gasteiger partial charge in [0.2, 0.25) is 5.91 Å². The van der Waals surface area contributed by atoms with Gasteiger partial charge >= 0.3 is 0 Å². The van der Waals surface area contributed by atoms with Crippen molar-refractivity contribution in [2.24, 2.45) is 11.7 Å². The van der Waals surface area contributed by atoms with Crippen molar-refractivity contribution in [3.8, 4) is 5.75 Å². The van der Waals surface area contributed by atoms with Crippen LogP contribution in [0, 0.1) is 5.92 Å². The van der Waals surface area contributed by atoms with Crippen molar-refractivity contribution < 1.29 is 9.53 Å². The smallest absolute Gasteiger partial charge is 0.225 e. The number of nitrogens with two attached hydrogens (primary N) is 1. The third-order valence-corrected chi connectivity index (χ3v) is 5.32.